The molecule has 0 saturated carbocycles. The minimum atomic E-state index is -4.50. The van der Waals surface area contributed by atoms with Gasteiger partial charge in [-0.25, -0.2) is 4.68 Å². The van der Waals surface area contributed by atoms with Gasteiger partial charge in [0, 0.05) is 45.2 Å². The molecule has 7 nitrogen and oxygen atoms in total. The van der Waals surface area contributed by atoms with Gasteiger partial charge in [0.1, 0.15) is 11.6 Å². The fourth-order valence-electron chi connectivity index (χ4n) is 4.85. The minimum absolute atomic E-state index is 0.0265. The Bertz CT molecular complexity index is 1190. The van der Waals surface area contributed by atoms with Crippen LogP contribution >= 0.6 is 0 Å². The van der Waals surface area contributed by atoms with Gasteiger partial charge in [-0.1, -0.05) is 42.5 Å². The van der Waals surface area contributed by atoms with Gasteiger partial charge in [-0.15, -0.1) is 0 Å². The third kappa shape index (κ3) is 5.04. The molecule has 1 saturated heterocycles. The molecule has 1 amide bonds. The second kappa shape index (κ2) is 9.85. The van der Waals surface area contributed by atoms with Crippen LogP contribution < -0.4 is 10.1 Å². The Balaban J connectivity index is 1.30. The van der Waals surface area contributed by atoms with Gasteiger partial charge in [-0.2, -0.15) is 18.3 Å². The first-order valence-electron chi connectivity index (χ1n) is 11.9. The highest BCUT2D eigenvalue weighted by Crippen LogP contribution is 2.43. The number of methoxy groups -OCH3 is 1. The predicted octanol–water partition coefficient (Wildman–Crippen LogP) is 4.51. The number of anilines is 1. The first-order chi connectivity index (χ1) is 17.3. The van der Waals surface area contributed by atoms with Gasteiger partial charge < -0.3 is 15.0 Å². The van der Waals surface area contributed by atoms with Gasteiger partial charge in [0.25, 0.3) is 5.91 Å². The molecule has 5 rings (SSSR count). The molecule has 3 aromatic rings. The average molecular weight is 500 g/mol. The number of fused-ring (bicyclic) bond motifs is 1. The van der Waals surface area contributed by atoms with E-state index in [0.717, 1.165) is 11.2 Å². The van der Waals surface area contributed by atoms with Gasteiger partial charge in [-0.05, 0) is 23.3 Å². The van der Waals surface area contributed by atoms with Gasteiger partial charge in [0.15, 0.2) is 11.7 Å². The van der Waals surface area contributed by atoms with E-state index in [1.165, 1.54) is 18.7 Å². The highest BCUT2D eigenvalue weighted by atomic mass is 19.4. The molecular formula is C26H28F3N5O2. The maximum absolute atomic E-state index is 14.0. The SMILES string of the molecule is COc1ccc([C@@H]2C[C@H](C(F)(F)F)n3nc(C(=O)N4CCN(Cc5ccccc5)CC4)cc3N2)cc1. The van der Waals surface area contributed by atoms with Gasteiger partial charge in [0.2, 0.25) is 0 Å². The molecule has 0 radical (unpaired) electrons. The van der Waals surface area contributed by atoms with E-state index in [1.807, 2.05) is 18.2 Å². The number of nitrogens with zero attached hydrogens (tertiary/aromatic N) is 4. The topological polar surface area (TPSA) is 62.6 Å². The van der Waals surface area contributed by atoms with Crippen molar-refractivity contribution in [2.75, 3.05) is 38.6 Å². The van der Waals surface area contributed by atoms with Gasteiger partial charge >= 0.3 is 6.18 Å². The Hall–Kier alpha value is -3.53. The van der Waals surface area contributed by atoms with Crippen molar-refractivity contribution in [2.24, 2.45) is 0 Å². The molecule has 0 bridgehead atoms. The fraction of sp³-hybridized carbons (Fsp3) is 0.385. The number of amides is 1. The summed E-state index contributed by atoms with van der Waals surface area (Å²) in [6.07, 6.45) is -4.73. The summed E-state index contributed by atoms with van der Waals surface area (Å²) in [6, 6.07) is 16.1. The summed E-state index contributed by atoms with van der Waals surface area (Å²) in [7, 11) is 1.54. The van der Waals surface area contributed by atoms with E-state index in [0.29, 0.717) is 37.5 Å². The summed E-state index contributed by atoms with van der Waals surface area (Å²) in [6.45, 7) is 3.18. The lowest BCUT2D eigenvalue weighted by Crippen LogP contribution is -2.48. The zero-order valence-corrected chi connectivity index (χ0v) is 19.9. The summed E-state index contributed by atoms with van der Waals surface area (Å²) in [5, 5.41) is 7.27. The zero-order chi connectivity index (χ0) is 25.3. The molecule has 2 aliphatic rings. The Morgan fingerprint density at radius 1 is 1.06 bits per heavy atom. The van der Waals surface area contributed by atoms with Crippen molar-refractivity contribution >= 4 is 11.7 Å². The van der Waals surface area contributed by atoms with E-state index in [2.05, 4.69) is 27.4 Å². The van der Waals surface area contributed by atoms with Crippen LogP contribution in [0.4, 0.5) is 19.0 Å². The van der Waals surface area contributed by atoms with Crippen molar-refractivity contribution in [1.29, 1.82) is 0 Å². The van der Waals surface area contributed by atoms with Crippen LogP contribution in [-0.4, -0.2) is 65.0 Å². The van der Waals surface area contributed by atoms with E-state index in [1.54, 1.807) is 29.2 Å². The van der Waals surface area contributed by atoms with Crippen LogP contribution in [0.5, 0.6) is 5.75 Å². The summed E-state index contributed by atoms with van der Waals surface area (Å²) < 4.78 is 48.1. The number of hydrogen-bond donors (Lipinski definition) is 1. The average Bonchev–Trinajstić information content (AvgIpc) is 3.32. The number of aromatic nitrogens is 2. The molecule has 1 aromatic heterocycles. The quantitative estimate of drug-likeness (QED) is 0.560. The Kier molecular flexibility index (Phi) is 6.61. The molecule has 0 spiro atoms. The minimum Gasteiger partial charge on any atom is -0.497 e. The molecule has 190 valence electrons. The van der Waals surface area contributed by atoms with Crippen LogP contribution in [0.15, 0.2) is 60.7 Å². The summed E-state index contributed by atoms with van der Waals surface area (Å²) in [4.78, 5) is 17.1. The standard InChI is InChI=1S/C26H28F3N5O2/c1-36-20-9-7-19(8-10-20)21-15-23(26(27,28)29)34-24(30-21)16-22(31-34)25(35)33-13-11-32(12-14-33)17-18-5-3-2-4-6-18/h2-10,16,21,23,30H,11-15,17H2,1H3/t21-,23+/m0/s1. The van der Waals surface area contributed by atoms with Crippen LogP contribution in [0.1, 0.15) is 40.1 Å². The maximum Gasteiger partial charge on any atom is 0.410 e. The third-order valence-electron chi connectivity index (χ3n) is 6.84. The number of piperazine rings is 1. The first-order valence-corrected chi connectivity index (χ1v) is 11.9. The molecular weight excluding hydrogens is 471 g/mol. The molecule has 3 heterocycles. The van der Waals surface area contributed by atoms with Crippen molar-refractivity contribution in [3.63, 3.8) is 0 Å². The van der Waals surface area contributed by atoms with Crippen LogP contribution in [0.25, 0.3) is 0 Å². The molecule has 2 aromatic carbocycles. The van der Waals surface area contributed by atoms with Crippen LogP contribution in [0, 0.1) is 0 Å². The van der Waals surface area contributed by atoms with Gasteiger partial charge in [0.05, 0.1) is 13.2 Å². The number of ether oxygens (including phenoxy) is 1. The second-order valence-corrected chi connectivity index (χ2v) is 9.18. The lowest BCUT2D eigenvalue weighted by Gasteiger charge is -2.34. The van der Waals surface area contributed by atoms with E-state index in [4.69, 9.17) is 4.74 Å². The second-order valence-electron chi connectivity index (χ2n) is 9.18. The zero-order valence-electron chi connectivity index (χ0n) is 19.9. The number of halogens is 3. The van der Waals surface area contributed by atoms with Gasteiger partial charge in [-0.3, -0.25) is 9.69 Å². The first kappa shape index (κ1) is 24.2. The number of rotatable bonds is 5. The number of hydrogen-bond acceptors (Lipinski definition) is 5. The number of alkyl halides is 3. The number of carbonyl (C=O) groups is 1. The van der Waals surface area contributed by atoms with E-state index in [9.17, 15) is 18.0 Å². The molecule has 1 fully saturated rings. The van der Waals surface area contributed by atoms with Crippen LogP contribution in [0.2, 0.25) is 0 Å². The Morgan fingerprint density at radius 2 is 1.75 bits per heavy atom. The molecule has 10 heteroatoms. The lowest BCUT2D eigenvalue weighted by molar-refractivity contribution is -0.173. The maximum atomic E-state index is 14.0. The monoisotopic (exact) mass is 499 g/mol. The number of nitrogens with one attached hydrogen (secondary N) is 1. The molecule has 36 heavy (non-hydrogen) atoms. The van der Waals surface area contributed by atoms with Crippen LogP contribution in [0.3, 0.4) is 0 Å². The fourth-order valence-corrected chi connectivity index (χ4v) is 4.85. The highest BCUT2D eigenvalue weighted by Gasteiger charge is 2.47. The van der Waals surface area contributed by atoms with E-state index < -0.39 is 18.3 Å². The largest absolute Gasteiger partial charge is 0.497 e. The van der Waals surface area contributed by atoms with Crippen molar-refractivity contribution in [2.45, 2.75) is 31.2 Å². The lowest BCUT2D eigenvalue weighted by atomic mass is 9.97. The smallest absolute Gasteiger partial charge is 0.410 e. The van der Waals surface area contributed by atoms with E-state index >= 15 is 0 Å². The van der Waals surface area contributed by atoms with Crippen molar-refractivity contribution < 1.29 is 22.7 Å². The number of carbonyl (C=O) groups excluding carboxylic acids is 1. The highest BCUT2D eigenvalue weighted by molar-refractivity contribution is 5.93. The number of benzene rings is 2. The van der Waals surface area contributed by atoms with Crippen molar-refractivity contribution in [3.05, 3.63) is 77.5 Å². The summed E-state index contributed by atoms with van der Waals surface area (Å²) >= 11 is 0. The summed E-state index contributed by atoms with van der Waals surface area (Å²) in [5.74, 6) is 0.471. The Morgan fingerprint density at radius 3 is 2.39 bits per heavy atom. The third-order valence-corrected chi connectivity index (χ3v) is 6.84. The molecule has 2 aliphatic heterocycles. The molecule has 1 N–H and O–H groups in total. The summed E-state index contributed by atoms with van der Waals surface area (Å²) in [5.41, 5.74) is 1.94. The normalized spacial score (nSPS) is 20.5. The van der Waals surface area contributed by atoms with E-state index in [-0.39, 0.29) is 23.8 Å². The van der Waals surface area contributed by atoms with Crippen molar-refractivity contribution in [3.8, 4) is 5.75 Å². The van der Waals surface area contributed by atoms with Crippen molar-refractivity contribution in [1.82, 2.24) is 19.6 Å². The van der Waals surface area contributed by atoms with Crippen LogP contribution in [-0.2, 0) is 6.54 Å². The molecule has 0 aliphatic carbocycles. The molecule has 0 unspecified atom stereocenters. The Labute approximate surface area is 207 Å². The predicted molar refractivity (Wildman–Crippen MR) is 129 cm³/mol. The molecule has 2 atom stereocenters.